The Balaban J connectivity index is 1.30. The number of hydrogen-bond acceptors (Lipinski definition) is 9. The number of carbonyl (C=O) groups excluding carboxylic acids is 1. The van der Waals surface area contributed by atoms with Gasteiger partial charge in [-0.15, -0.1) is 0 Å². The van der Waals surface area contributed by atoms with Crippen LogP contribution in [0.1, 0.15) is 30.0 Å². The number of carbonyl (C=O) groups is 1. The molecule has 1 aliphatic rings. The van der Waals surface area contributed by atoms with Gasteiger partial charge in [0.05, 0.1) is 4.92 Å². The third kappa shape index (κ3) is 6.01. The van der Waals surface area contributed by atoms with E-state index in [1.54, 1.807) is 11.0 Å². The number of fused-ring (bicyclic) bond motifs is 1. The lowest BCUT2D eigenvalue weighted by Crippen LogP contribution is -2.49. The maximum Gasteiger partial charge on any atom is 0.270 e. The van der Waals surface area contributed by atoms with Gasteiger partial charge in [-0.2, -0.15) is 4.98 Å². The summed E-state index contributed by atoms with van der Waals surface area (Å²) in [7, 11) is 0. The summed E-state index contributed by atoms with van der Waals surface area (Å²) in [6.07, 6.45) is 0.671. The van der Waals surface area contributed by atoms with E-state index in [9.17, 15) is 14.9 Å². The molecule has 1 saturated heterocycles. The third-order valence-corrected chi connectivity index (χ3v) is 7.21. The van der Waals surface area contributed by atoms with E-state index in [1.165, 1.54) is 18.2 Å². The van der Waals surface area contributed by atoms with Crippen molar-refractivity contribution in [2.24, 2.45) is 5.92 Å². The van der Waals surface area contributed by atoms with Crippen LogP contribution >= 0.6 is 0 Å². The van der Waals surface area contributed by atoms with E-state index in [0.717, 1.165) is 11.3 Å². The molecule has 3 aromatic carbocycles. The molecule has 6 rings (SSSR count). The molecule has 0 atom stereocenters. The number of nitrogens with zero attached hydrogens (tertiary/aromatic N) is 6. The first-order chi connectivity index (χ1) is 20.9. The molecular weight excluding hydrogens is 548 g/mol. The number of rotatable bonds is 8. The number of aromatic nitrogens is 3. The molecule has 1 fully saturated rings. The molecular formula is C32H30N6O5. The van der Waals surface area contributed by atoms with E-state index < -0.39 is 4.92 Å². The second kappa shape index (κ2) is 11.9. The molecule has 0 unspecified atom stereocenters. The minimum absolute atomic E-state index is 0.108. The molecule has 11 heteroatoms. The SMILES string of the molecule is CC(C)Cc1nc(N2CCN(C(=O)c3cccc([N+](=O)[O-])c3)CC2)c2c(-c3cccc(Oc4ccccc4)c3)noc2n1. The van der Waals surface area contributed by atoms with Crippen LogP contribution in [0.2, 0.25) is 0 Å². The predicted octanol–water partition coefficient (Wildman–Crippen LogP) is 6.15. The number of para-hydroxylation sites is 1. The van der Waals surface area contributed by atoms with Gasteiger partial charge in [-0.25, -0.2) is 4.98 Å². The van der Waals surface area contributed by atoms with Gasteiger partial charge in [0.15, 0.2) is 0 Å². The highest BCUT2D eigenvalue weighted by Crippen LogP contribution is 2.36. The maximum atomic E-state index is 13.2. The van der Waals surface area contributed by atoms with Crippen molar-refractivity contribution in [1.82, 2.24) is 20.0 Å². The number of nitro benzene ring substituents is 1. The highest BCUT2D eigenvalue weighted by atomic mass is 16.6. The van der Waals surface area contributed by atoms with Crippen molar-refractivity contribution in [1.29, 1.82) is 0 Å². The lowest BCUT2D eigenvalue weighted by Gasteiger charge is -2.35. The number of hydrogen-bond donors (Lipinski definition) is 0. The Bertz CT molecular complexity index is 1780. The highest BCUT2D eigenvalue weighted by Gasteiger charge is 2.28. The Morgan fingerprint density at radius 3 is 2.44 bits per heavy atom. The van der Waals surface area contributed by atoms with Gasteiger partial charge in [-0.05, 0) is 36.2 Å². The molecule has 218 valence electrons. The average molecular weight is 579 g/mol. The van der Waals surface area contributed by atoms with Crippen LogP contribution in [-0.2, 0) is 6.42 Å². The van der Waals surface area contributed by atoms with Gasteiger partial charge in [0.25, 0.3) is 17.3 Å². The average Bonchev–Trinajstić information content (AvgIpc) is 3.45. The maximum absolute atomic E-state index is 13.2. The van der Waals surface area contributed by atoms with E-state index in [2.05, 4.69) is 23.9 Å². The summed E-state index contributed by atoms with van der Waals surface area (Å²) in [4.78, 5) is 37.4. The summed E-state index contributed by atoms with van der Waals surface area (Å²) in [5.74, 6) is 2.85. The zero-order valence-electron chi connectivity index (χ0n) is 23.8. The molecule has 0 radical (unpaired) electrons. The molecule has 5 aromatic rings. The van der Waals surface area contributed by atoms with Gasteiger partial charge in [0.1, 0.15) is 34.2 Å². The number of benzene rings is 3. The van der Waals surface area contributed by atoms with E-state index in [0.29, 0.717) is 78.3 Å². The molecule has 43 heavy (non-hydrogen) atoms. The second-order valence-electron chi connectivity index (χ2n) is 10.8. The summed E-state index contributed by atoms with van der Waals surface area (Å²) < 4.78 is 11.8. The van der Waals surface area contributed by atoms with E-state index in [4.69, 9.17) is 19.2 Å². The van der Waals surface area contributed by atoms with Gasteiger partial charge in [0.2, 0.25) is 0 Å². The van der Waals surface area contributed by atoms with Gasteiger partial charge in [-0.1, -0.05) is 55.4 Å². The molecule has 0 bridgehead atoms. The smallest absolute Gasteiger partial charge is 0.270 e. The number of non-ortho nitro benzene ring substituents is 1. The second-order valence-corrected chi connectivity index (χ2v) is 10.8. The largest absolute Gasteiger partial charge is 0.457 e. The standard InChI is InChI=1S/C32H30N6O5/c1-21(2)18-27-33-30(36-14-16-37(17-15-36)32(39)23-9-6-10-24(19-23)38(40)41)28-29(35-43-31(28)34-27)22-8-7-13-26(20-22)42-25-11-4-3-5-12-25/h3-13,19-21H,14-18H2,1-2H3. The molecule has 3 heterocycles. The summed E-state index contributed by atoms with van der Waals surface area (Å²) >= 11 is 0. The Morgan fingerprint density at radius 2 is 1.70 bits per heavy atom. The van der Waals surface area contributed by atoms with Crippen molar-refractivity contribution < 1.29 is 19.0 Å². The number of nitro groups is 1. The zero-order chi connectivity index (χ0) is 29.9. The summed E-state index contributed by atoms with van der Waals surface area (Å²) in [6, 6.07) is 23.0. The van der Waals surface area contributed by atoms with Crippen molar-refractivity contribution in [3.8, 4) is 22.8 Å². The number of amides is 1. The third-order valence-electron chi connectivity index (χ3n) is 7.21. The van der Waals surface area contributed by atoms with Crippen LogP contribution in [0.15, 0.2) is 83.4 Å². The minimum Gasteiger partial charge on any atom is -0.457 e. The molecule has 0 saturated carbocycles. The van der Waals surface area contributed by atoms with E-state index >= 15 is 0 Å². The number of piperazine rings is 1. The monoisotopic (exact) mass is 578 g/mol. The first-order valence-electron chi connectivity index (χ1n) is 14.1. The summed E-state index contributed by atoms with van der Waals surface area (Å²) in [6.45, 7) is 6.08. The predicted molar refractivity (Wildman–Crippen MR) is 161 cm³/mol. The molecule has 0 N–H and O–H groups in total. The fourth-order valence-electron chi connectivity index (χ4n) is 5.15. The fraction of sp³-hybridized carbons (Fsp3) is 0.250. The van der Waals surface area contributed by atoms with Gasteiger partial charge in [-0.3, -0.25) is 14.9 Å². The molecule has 0 spiro atoms. The van der Waals surface area contributed by atoms with Crippen molar-refractivity contribution in [2.45, 2.75) is 20.3 Å². The van der Waals surface area contributed by atoms with Crippen molar-refractivity contribution >= 4 is 28.5 Å². The van der Waals surface area contributed by atoms with Crippen LogP contribution in [0, 0.1) is 16.0 Å². The molecule has 1 amide bonds. The Morgan fingerprint density at radius 1 is 0.953 bits per heavy atom. The lowest BCUT2D eigenvalue weighted by atomic mass is 10.1. The number of anilines is 1. The number of ether oxygens (including phenoxy) is 1. The lowest BCUT2D eigenvalue weighted by molar-refractivity contribution is -0.384. The van der Waals surface area contributed by atoms with E-state index in [1.807, 2.05) is 54.6 Å². The van der Waals surface area contributed by atoms with Gasteiger partial charge in [0, 0.05) is 55.9 Å². The van der Waals surface area contributed by atoms with Crippen LogP contribution in [-0.4, -0.2) is 57.0 Å². The van der Waals surface area contributed by atoms with Crippen molar-refractivity contribution in [3.63, 3.8) is 0 Å². The molecule has 2 aromatic heterocycles. The quantitative estimate of drug-likeness (QED) is 0.157. The van der Waals surface area contributed by atoms with Crippen molar-refractivity contribution in [2.75, 3.05) is 31.1 Å². The van der Waals surface area contributed by atoms with Crippen LogP contribution in [0.4, 0.5) is 11.5 Å². The zero-order valence-corrected chi connectivity index (χ0v) is 23.8. The molecule has 0 aliphatic carbocycles. The van der Waals surface area contributed by atoms with Crippen LogP contribution in [0.5, 0.6) is 11.5 Å². The first-order valence-corrected chi connectivity index (χ1v) is 14.1. The Hall–Kier alpha value is -5.32. The highest BCUT2D eigenvalue weighted by molar-refractivity contribution is 5.98. The Kier molecular flexibility index (Phi) is 7.69. The topological polar surface area (TPSA) is 128 Å². The normalized spacial score (nSPS) is 13.5. The summed E-state index contributed by atoms with van der Waals surface area (Å²) in [5, 5.41) is 16.3. The van der Waals surface area contributed by atoms with Crippen molar-refractivity contribution in [3.05, 3.63) is 100 Å². The van der Waals surface area contributed by atoms with E-state index in [-0.39, 0.29) is 11.6 Å². The van der Waals surface area contributed by atoms with Crippen LogP contribution in [0.3, 0.4) is 0 Å². The fourth-order valence-corrected chi connectivity index (χ4v) is 5.15. The Labute approximate surface area is 247 Å². The molecule has 11 nitrogen and oxygen atoms in total. The molecule has 1 aliphatic heterocycles. The summed E-state index contributed by atoms with van der Waals surface area (Å²) in [5.41, 5.74) is 2.00. The van der Waals surface area contributed by atoms with Crippen LogP contribution in [0.25, 0.3) is 22.4 Å². The van der Waals surface area contributed by atoms with Gasteiger partial charge < -0.3 is 19.1 Å². The van der Waals surface area contributed by atoms with Crippen LogP contribution < -0.4 is 9.64 Å². The van der Waals surface area contributed by atoms with Gasteiger partial charge >= 0.3 is 0 Å². The minimum atomic E-state index is -0.496. The first kappa shape index (κ1) is 27.8.